The van der Waals surface area contributed by atoms with Gasteiger partial charge in [0.25, 0.3) is 0 Å². The second kappa shape index (κ2) is 5.74. The molecule has 0 bridgehead atoms. The Morgan fingerprint density at radius 3 is 2.94 bits per heavy atom. The molecule has 1 N–H and O–H groups in total. The van der Waals surface area contributed by atoms with E-state index in [1.54, 1.807) is 0 Å². The minimum Gasteiger partial charge on any atom is -0.366 e. The van der Waals surface area contributed by atoms with Gasteiger partial charge in [-0.25, -0.2) is 0 Å². The van der Waals surface area contributed by atoms with E-state index in [1.165, 1.54) is 17.8 Å². The highest BCUT2D eigenvalue weighted by molar-refractivity contribution is 5.50. The molecule has 1 saturated heterocycles. The summed E-state index contributed by atoms with van der Waals surface area (Å²) in [5.41, 5.74) is 2.55. The number of nitrogens with one attached hydrogen (secondary N) is 1. The highest BCUT2D eigenvalue weighted by Crippen LogP contribution is 2.23. The van der Waals surface area contributed by atoms with Gasteiger partial charge in [-0.05, 0) is 12.3 Å². The van der Waals surface area contributed by atoms with Crippen molar-refractivity contribution in [2.24, 2.45) is 13.0 Å². The molecule has 4 nitrogen and oxygen atoms in total. The van der Waals surface area contributed by atoms with Gasteiger partial charge in [0.1, 0.15) is 0 Å². The Morgan fingerprint density at radius 1 is 1.50 bits per heavy atom. The third-order valence-corrected chi connectivity index (χ3v) is 4.09. The minimum atomic E-state index is 0.605. The van der Waals surface area contributed by atoms with E-state index in [9.17, 15) is 0 Å². The number of hydrogen-bond donors (Lipinski definition) is 1. The molecular weight excluding hydrogens is 224 g/mol. The molecule has 18 heavy (non-hydrogen) atoms. The van der Waals surface area contributed by atoms with Crippen molar-refractivity contribution in [3.8, 4) is 0 Å². The van der Waals surface area contributed by atoms with Crippen molar-refractivity contribution in [3.05, 3.63) is 11.9 Å². The van der Waals surface area contributed by atoms with Gasteiger partial charge >= 0.3 is 0 Å². The van der Waals surface area contributed by atoms with Crippen molar-refractivity contribution in [1.29, 1.82) is 0 Å². The van der Waals surface area contributed by atoms with Gasteiger partial charge in [-0.3, -0.25) is 4.68 Å². The van der Waals surface area contributed by atoms with Gasteiger partial charge in [-0.15, -0.1) is 0 Å². The van der Waals surface area contributed by atoms with Crippen LogP contribution in [0.5, 0.6) is 0 Å². The van der Waals surface area contributed by atoms with Crippen LogP contribution in [0.15, 0.2) is 6.20 Å². The van der Waals surface area contributed by atoms with Crippen molar-refractivity contribution in [2.75, 3.05) is 24.5 Å². The molecule has 0 aliphatic carbocycles. The van der Waals surface area contributed by atoms with E-state index in [-0.39, 0.29) is 0 Å². The lowest BCUT2D eigenvalue weighted by atomic mass is 9.97. The first-order valence-corrected chi connectivity index (χ1v) is 7.16. The summed E-state index contributed by atoms with van der Waals surface area (Å²) in [6.45, 7) is 10.1. The van der Waals surface area contributed by atoms with Gasteiger partial charge in [-0.2, -0.15) is 5.10 Å². The van der Waals surface area contributed by atoms with Gasteiger partial charge in [-0.1, -0.05) is 27.2 Å². The smallest absolute Gasteiger partial charge is 0.0855 e. The average Bonchev–Trinajstić information content (AvgIpc) is 2.79. The van der Waals surface area contributed by atoms with Crippen LogP contribution < -0.4 is 10.2 Å². The van der Waals surface area contributed by atoms with E-state index in [1.807, 2.05) is 11.7 Å². The summed E-state index contributed by atoms with van der Waals surface area (Å²) in [6.07, 6.45) is 4.41. The molecule has 1 fully saturated rings. The SMILES string of the molecule is CCc1nn(C)cc1N1CCNC(C(C)CC)C1. The molecule has 0 spiro atoms. The Labute approximate surface area is 110 Å². The molecule has 1 aliphatic heterocycles. The lowest BCUT2D eigenvalue weighted by molar-refractivity contribution is 0.341. The van der Waals surface area contributed by atoms with E-state index >= 15 is 0 Å². The van der Waals surface area contributed by atoms with Crippen molar-refractivity contribution in [2.45, 2.75) is 39.7 Å². The monoisotopic (exact) mass is 250 g/mol. The number of aromatic nitrogens is 2. The predicted octanol–water partition coefficient (Wildman–Crippen LogP) is 1.81. The number of aryl methyl sites for hydroxylation is 2. The zero-order valence-electron chi connectivity index (χ0n) is 12.1. The van der Waals surface area contributed by atoms with E-state index < -0.39 is 0 Å². The van der Waals surface area contributed by atoms with Crippen LogP contribution in [0.1, 0.15) is 32.9 Å². The molecule has 1 aromatic heterocycles. The van der Waals surface area contributed by atoms with Gasteiger partial charge in [0.2, 0.25) is 0 Å². The first-order valence-electron chi connectivity index (χ1n) is 7.16. The Morgan fingerprint density at radius 2 is 2.28 bits per heavy atom. The Hall–Kier alpha value is -1.03. The van der Waals surface area contributed by atoms with Crippen LogP contribution in [0.3, 0.4) is 0 Å². The molecule has 1 aromatic rings. The van der Waals surface area contributed by atoms with E-state index in [4.69, 9.17) is 0 Å². The molecule has 2 atom stereocenters. The van der Waals surface area contributed by atoms with Gasteiger partial charge in [0.05, 0.1) is 11.4 Å². The average molecular weight is 250 g/mol. The van der Waals surface area contributed by atoms with Crippen LogP contribution in [0, 0.1) is 5.92 Å². The van der Waals surface area contributed by atoms with Crippen molar-refractivity contribution in [1.82, 2.24) is 15.1 Å². The van der Waals surface area contributed by atoms with Gasteiger partial charge in [0, 0.05) is 38.9 Å². The second-order valence-corrected chi connectivity index (χ2v) is 5.38. The van der Waals surface area contributed by atoms with Crippen LogP contribution in [-0.4, -0.2) is 35.5 Å². The fourth-order valence-corrected chi connectivity index (χ4v) is 2.70. The van der Waals surface area contributed by atoms with Crippen molar-refractivity contribution in [3.63, 3.8) is 0 Å². The molecular formula is C14H26N4. The molecule has 0 radical (unpaired) electrons. The van der Waals surface area contributed by atoms with E-state index in [2.05, 4.69) is 42.3 Å². The number of rotatable bonds is 4. The number of piperazine rings is 1. The molecule has 1 aliphatic rings. The van der Waals surface area contributed by atoms with Crippen LogP contribution in [0.25, 0.3) is 0 Å². The van der Waals surface area contributed by atoms with Crippen molar-refractivity contribution < 1.29 is 0 Å². The second-order valence-electron chi connectivity index (χ2n) is 5.38. The quantitative estimate of drug-likeness (QED) is 0.884. The molecule has 0 saturated carbocycles. The Balaban J connectivity index is 2.12. The lowest BCUT2D eigenvalue weighted by Gasteiger charge is -2.37. The highest BCUT2D eigenvalue weighted by atomic mass is 15.3. The lowest BCUT2D eigenvalue weighted by Crippen LogP contribution is -2.53. The Kier molecular flexibility index (Phi) is 4.27. The summed E-state index contributed by atoms with van der Waals surface area (Å²) in [5, 5.41) is 8.19. The normalized spacial score (nSPS) is 22.2. The zero-order valence-corrected chi connectivity index (χ0v) is 12.1. The van der Waals surface area contributed by atoms with Gasteiger partial charge in [0.15, 0.2) is 0 Å². The molecule has 2 heterocycles. The molecule has 0 aromatic carbocycles. The number of hydrogen-bond acceptors (Lipinski definition) is 3. The van der Waals surface area contributed by atoms with E-state index in [0.717, 1.165) is 32.0 Å². The fourth-order valence-electron chi connectivity index (χ4n) is 2.70. The van der Waals surface area contributed by atoms with E-state index in [0.29, 0.717) is 6.04 Å². The molecule has 2 unspecified atom stereocenters. The Bertz CT molecular complexity index is 385. The summed E-state index contributed by atoms with van der Waals surface area (Å²) in [7, 11) is 2.01. The first kappa shape index (κ1) is 13.4. The standard InChI is InChI=1S/C14H26N4/c1-5-11(3)13-9-18(8-7-15-13)14-10-17(4)16-12(14)6-2/h10-11,13,15H,5-9H2,1-4H3. The maximum absolute atomic E-state index is 4.55. The van der Waals surface area contributed by atoms with Crippen LogP contribution in [-0.2, 0) is 13.5 Å². The fraction of sp³-hybridized carbons (Fsp3) is 0.786. The van der Waals surface area contributed by atoms with Crippen molar-refractivity contribution >= 4 is 5.69 Å². The third kappa shape index (κ3) is 2.69. The third-order valence-electron chi connectivity index (χ3n) is 4.09. The summed E-state index contributed by atoms with van der Waals surface area (Å²) in [5.74, 6) is 0.731. The largest absolute Gasteiger partial charge is 0.366 e. The summed E-state index contributed by atoms with van der Waals surface area (Å²) >= 11 is 0. The summed E-state index contributed by atoms with van der Waals surface area (Å²) in [4.78, 5) is 2.50. The first-order chi connectivity index (χ1) is 8.65. The van der Waals surface area contributed by atoms with Crippen LogP contribution in [0.4, 0.5) is 5.69 Å². The molecule has 0 amide bonds. The van der Waals surface area contributed by atoms with Gasteiger partial charge < -0.3 is 10.2 Å². The molecule has 4 heteroatoms. The maximum atomic E-state index is 4.55. The van der Waals surface area contributed by atoms with Crippen LogP contribution >= 0.6 is 0 Å². The molecule has 102 valence electrons. The maximum Gasteiger partial charge on any atom is 0.0855 e. The predicted molar refractivity (Wildman–Crippen MR) is 76.0 cm³/mol. The number of anilines is 1. The minimum absolute atomic E-state index is 0.605. The van der Waals surface area contributed by atoms with Crippen LogP contribution in [0.2, 0.25) is 0 Å². The summed E-state index contributed by atoms with van der Waals surface area (Å²) < 4.78 is 1.94. The topological polar surface area (TPSA) is 33.1 Å². The highest BCUT2D eigenvalue weighted by Gasteiger charge is 2.25. The molecule has 2 rings (SSSR count). The summed E-state index contributed by atoms with van der Waals surface area (Å²) in [6, 6.07) is 0.605. The zero-order chi connectivity index (χ0) is 13.1. The number of nitrogens with zero attached hydrogens (tertiary/aromatic N) is 3.